The second-order valence-corrected chi connectivity index (χ2v) is 27.4. The molecule has 0 aliphatic carbocycles. The fraction of sp³-hybridized carbons (Fsp3) is 0.392. The van der Waals surface area contributed by atoms with E-state index in [4.69, 9.17) is 4.74 Å². The lowest BCUT2D eigenvalue weighted by Gasteiger charge is -2.29. The smallest absolute Gasteiger partial charge is 0.396 e. The quantitative estimate of drug-likeness (QED) is 0.0388. The molecule has 0 saturated carbocycles. The molecule has 6 N–H and O–H groups in total. The highest BCUT2D eigenvalue weighted by Crippen LogP contribution is 2.45. The lowest BCUT2D eigenvalue weighted by molar-refractivity contribution is -0.151. The predicted octanol–water partition coefficient (Wildman–Crippen LogP) is 11.9. The number of aryl methyl sites for hydroxylation is 2. The Labute approximate surface area is 592 Å². The molecule has 6 amide bonds. The van der Waals surface area contributed by atoms with E-state index in [1.54, 1.807) is 58.3 Å². The molecule has 4 atom stereocenters. The van der Waals surface area contributed by atoms with E-state index in [9.17, 15) is 79.2 Å². The zero-order chi connectivity index (χ0) is 75.5. The van der Waals surface area contributed by atoms with E-state index in [1.165, 1.54) is 51.9 Å². The maximum Gasteiger partial charge on any atom is 0.416 e. The lowest BCUT2D eigenvalue weighted by atomic mass is 9.77. The van der Waals surface area contributed by atoms with E-state index in [0.717, 1.165) is 53.3 Å². The van der Waals surface area contributed by atoms with Crippen LogP contribution in [0.15, 0.2) is 127 Å². The molecule has 22 nitrogen and oxygen atoms in total. The van der Waals surface area contributed by atoms with Crippen LogP contribution in [0.2, 0.25) is 0 Å². The molecule has 3 aliphatic heterocycles. The van der Waals surface area contributed by atoms with E-state index in [2.05, 4.69) is 30.9 Å². The SMILES string of the molecule is CN1CC(c2ccc3c(c2)nc(NC(=O)c2cccc(C(F)F)c2)n3CCCO)C(C)(C)C1=O.CN1CC(c2ccc3c(c2)nc(NC(=O)c2cccc(C(F)F)c2)n3CCCO)C(C)(C)C1=O.CN1CCOC(c2ccc3c(c2)nc(NC(=O)c2cccc(C(F)(F)F)c2)n3CC(C)(F)CO)C1=O. The van der Waals surface area contributed by atoms with Gasteiger partial charge in [0.25, 0.3) is 36.5 Å². The van der Waals surface area contributed by atoms with Crippen LogP contribution < -0.4 is 16.0 Å². The number of alkyl halides is 8. The Hall–Kier alpha value is -10.2. The number of carbonyl (C=O) groups is 6. The molecule has 3 saturated heterocycles. The number of rotatable bonds is 20. The van der Waals surface area contributed by atoms with Gasteiger partial charge in [-0.25, -0.2) is 36.9 Å². The van der Waals surface area contributed by atoms with E-state index in [-0.39, 0.29) is 88.4 Å². The lowest BCUT2D eigenvalue weighted by Crippen LogP contribution is -2.40. The molecule has 552 valence electrons. The summed E-state index contributed by atoms with van der Waals surface area (Å²) in [5.74, 6) is -1.65. The standard InChI is InChI=1S/2C25H28F2N4O3.C24H24F4N4O4/c2*1-25(2)18(14-30(3)23(25)34)15-8-9-20-19(13-15)28-24(31(20)10-5-11-32)29-22(33)17-7-4-6-16(12-17)21(26)27;1-23(25,13-33)12-32-18-7-6-14(19-21(35)31(2)8-9-36-19)11-17(18)29-22(32)30-20(34)15-4-3-5-16(10-15)24(26,27)28/h2*4,6-9,12-13,18,21,32H,5,10-11,14H2,1-3H3,(H,28,29,33);3-7,10-11,19,33H,8-9,12-13H2,1-2H3,(H,29,30,34). The summed E-state index contributed by atoms with van der Waals surface area (Å²) in [6.07, 6.45) is -9.94. The number of aliphatic hydroxyl groups excluding tert-OH is 3. The van der Waals surface area contributed by atoms with Gasteiger partial charge >= 0.3 is 6.18 Å². The third-order valence-electron chi connectivity index (χ3n) is 19.0. The van der Waals surface area contributed by atoms with Gasteiger partial charge in [-0.05, 0) is 115 Å². The number of fused-ring (bicyclic) bond motifs is 3. The summed E-state index contributed by atoms with van der Waals surface area (Å²) in [6.45, 7) is 10.4. The molecule has 3 aromatic heterocycles. The van der Waals surface area contributed by atoms with Crippen LogP contribution in [0.3, 0.4) is 0 Å². The number of halogens is 8. The Morgan fingerprint density at radius 1 is 0.548 bits per heavy atom. The highest BCUT2D eigenvalue weighted by atomic mass is 19.4. The van der Waals surface area contributed by atoms with Crippen LogP contribution in [0, 0.1) is 10.8 Å². The summed E-state index contributed by atoms with van der Waals surface area (Å²) in [5.41, 5.74) is 1.26. The summed E-state index contributed by atoms with van der Waals surface area (Å²) >= 11 is 0. The highest BCUT2D eigenvalue weighted by molar-refractivity contribution is 6.06. The van der Waals surface area contributed by atoms with Crippen LogP contribution in [0.4, 0.5) is 53.0 Å². The monoisotopic (exact) mass is 1450 g/mol. The fourth-order valence-electron chi connectivity index (χ4n) is 13.2. The zero-order valence-corrected chi connectivity index (χ0v) is 58.2. The Bertz CT molecular complexity index is 4510. The van der Waals surface area contributed by atoms with Gasteiger partial charge in [0.2, 0.25) is 29.7 Å². The van der Waals surface area contributed by atoms with Gasteiger partial charge in [-0.2, -0.15) is 13.2 Å². The molecule has 3 aliphatic rings. The van der Waals surface area contributed by atoms with Crippen LogP contribution in [0.5, 0.6) is 0 Å². The molecular formula is C74H80F8N12O10. The number of aliphatic hydroxyl groups is 3. The maximum atomic E-state index is 14.8. The molecule has 30 heteroatoms. The van der Waals surface area contributed by atoms with Crippen molar-refractivity contribution >= 4 is 86.4 Å². The maximum absolute atomic E-state index is 14.8. The summed E-state index contributed by atoms with van der Waals surface area (Å²) in [4.78, 5) is 94.7. The van der Waals surface area contributed by atoms with Crippen molar-refractivity contribution in [2.45, 2.75) is 110 Å². The summed E-state index contributed by atoms with van der Waals surface area (Å²) in [6, 6.07) is 30.9. The molecule has 6 heterocycles. The number of aromatic nitrogens is 6. The van der Waals surface area contributed by atoms with E-state index in [0.29, 0.717) is 85.9 Å². The Morgan fingerprint density at radius 2 is 0.942 bits per heavy atom. The Kier molecular flexibility index (Phi) is 22.8. The molecule has 3 fully saturated rings. The van der Waals surface area contributed by atoms with Crippen LogP contribution >= 0.6 is 0 Å². The first-order chi connectivity index (χ1) is 49.1. The van der Waals surface area contributed by atoms with E-state index in [1.807, 2.05) is 64.1 Å². The minimum absolute atomic E-state index is 0.00730. The minimum Gasteiger partial charge on any atom is -0.396 e. The van der Waals surface area contributed by atoms with Crippen molar-refractivity contribution in [2.24, 2.45) is 10.8 Å². The number of carbonyl (C=O) groups excluding carboxylic acids is 6. The average Bonchev–Trinajstić information content (AvgIpc) is 1.08. The third-order valence-corrected chi connectivity index (χ3v) is 19.0. The summed E-state index contributed by atoms with van der Waals surface area (Å²) in [5, 5.41) is 36.0. The normalized spacial score (nSPS) is 17.9. The predicted molar refractivity (Wildman–Crippen MR) is 372 cm³/mol. The number of ether oxygens (including phenoxy) is 1. The molecule has 12 rings (SSSR count). The van der Waals surface area contributed by atoms with Crippen molar-refractivity contribution in [1.29, 1.82) is 0 Å². The second-order valence-electron chi connectivity index (χ2n) is 27.4. The summed E-state index contributed by atoms with van der Waals surface area (Å²) in [7, 11) is 5.25. The van der Waals surface area contributed by atoms with E-state index < -0.39 is 78.1 Å². The number of hydrogen-bond donors (Lipinski definition) is 6. The molecule has 6 aromatic carbocycles. The molecule has 0 spiro atoms. The Balaban J connectivity index is 0.000000168. The van der Waals surface area contributed by atoms with Gasteiger partial charge in [-0.15, -0.1) is 0 Å². The molecule has 9 aromatic rings. The number of anilines is 3. The highest BCUT2D eigenvalue weighted by Gasteiger charge is 2.48. The van der Waals surface area contributed by atoms with Crippen molar-refractivity contribution in [2.75, 3.05) is 83.2 Å². The average molecular weight is 1450 g/mol. The van der Waals surface area contributed by atoms with Gasteiger partial charge in [-0.3, -0.25) is 44.7 Å². The van der Waals surface area contributed by atoms with Gasteiger partial charge in [0.15, 0.2) is 6.10 Å². The molecule has 4 unspecified atom stereocenters. The number of likely N-dealkylation sites (tertiary alicyclic amines) is 2. The van der Waals surface area contributed by atoms with Crippen LogP contribution in [-0.2, 0) is 44.9 Å². The number of hydrogen-bond acceptors (Lipinski definition) is 13. The van der Waals surface area contributed by atoms with E-state index >= 15 is 0 Å². The van der Waals surface area contributed by atoms with Crippen LogP contribution in [0.1, 0.15) is 143 Å². The van der Waals surface area contributed by atoms with Crippen LogP contribution in [0.25, 0.3) is 33.1 Å². The molecular weight excluding hydrogens is 1370 g/mol. The zero-order valence-electron chi connectivity index (χ0n) is 58.2. The molecule has 0 bridgehead atoms. The number of nitrogens with zero attached hydrogens (tertiary/aromatic N) is 9. The first kappa shape index (κ1) is 76.5. The van der Waals surface area contributed by atoms with Crippen molar-refractivity contribution in [1.82, 2.24) is 43.4 Å². The topological polar surface area (TPSA) is 272 Å². The first-order valence-corrected chi connectivity index (χ1v) is 33.4. The third kappa shape index (κ3) is 16.4. The second kappa shape index (κ2) is 31.0. The van der Waals surface area contributed by atoms with Gasteiger partial charge in [-0.1, -0.05) is 76.2 Å². The largest absolute Gasteiger partial charge is 0.416 e. The number of nitrogens with one attached hydrogen (secondary N) is 3. The number of benzene rings is 6. The number of amides is 6. The number of likely N-dealkylation sites (N-methyl/N-ethyl adjacent to an activating group) is 3. The van der Waals surface area contributed by atoms with Gasteiger partial charge < -0.3 is 48.5 Å². The van der Waals surface area contributed by atoms with Crippen molar-refractivity contribution in [3.8, 4) is 0 Å². The van der Waals surface area contributed by atoms with Gasteiger partial charge in [0.05, 0.1) is 69.3 Å². The van der Waals surface area contributed by atoms with Crippen molar-refractivity contribution < 1.29 is 83.9 Å². The number of imidazole rings is 3. The van der Waals surface area contributed by atoms with Gasteiger partial charge in [0.1, 0.15) is 5.67 Å². The van der Waals surface area contributed by atoms with Gasteiger partial charge in [0, 0.05) is 107 Å². The first-order valence-electron chi connectivity index (χ1n) is 33.4. The summed E-state index contributed by atoms with van der Waals surface area (Å²) < 4.78 is 117. The number of morpholine rings is 1. The fourth-order valence-corrected chi connectivity index (χ4v) is 13.2. The molecule has 104 heavy (non-hydrogen) atoms. The molecule has 0 radical (unpaired) electrons. The Morgan fingerprint density at radius 3 is 1.34 bits per heavy atom. The minimum atomic E-state index is -4.64. The van der Waals surface area contributed by atoms with Crippen LogP contribution in [-0.4, -0.2) is 167 Å². The van der Waals surface area contributed by atoms with Crippen molar-refractivity contribution in [3.05, 3.63) is 177 Å². The van der Waals surface area contributed by atoms with Crippen molar-refractivity contribution in [3.63, 3.8) is 0 Å².